The molecule has 0 aliphatic heterocycles. The molecule has 0 aliphatic carbocycles. The molecule has 1 heterocycles. The molecule has 0 saturated carbocycles. The molecule has 0 N–H and O–H groups in total. The van der Waals surface area contributed by atoms with E-state index in [2.05, 4.69) is 15.9 Å². The number of ether oxygens (including phenoxy) is 1. The highest BCUT2D eigenvalue weighted by atomic mass is 79.9. The highest BCUT2D eigenvalue weighted by Gasteiger charge is 2.06. The average Bonchev–Trinajstić information content (AvgIpc) is 2.59. The lowest BCUT2D eigenvalue weighted by Crippen LogP contribution is -2.01. The van der Waals surface area contributed by atoms with E-state index in [4.69, 9.17) is 9.15 Å². The first-order valence-corrected chi connectivity index (χ1v) is 5.74. The van der Waals surface area contributed by atoms with Gasteiger partial charge >= 0.3 is 0 Å². The Morgan fingerprint density at radius 3 is 2.87 bits per heavy atom. The highest BCUT2D eigenvalue weighted by Crippen LogP contribution is 2.27. The lowest BCUT2D eigenvalue weighted by molar-refractivity contribution is 0.0553. The molecule has 15 heavy (non-hydrogen) atoms. The number of furan rings is 1. The summed E-state index contributed by atoms with van der Waals surface area (Å²) < 4.78 is 12.1. The van der Waals surface area contributed by atoms with Crippen LogP contribution in [-0.4, -0.2) is 6.10 Å². The van der Waals surface area contributed by atoms with E-state index >= 15 is 0 Å². The van der Waals surface area contributed by atoms with Crippen LogP contribution >= 0.6 is 15.9 Å². The Kier molecular flexibility index (Phi) is 3.12. The van der Waals surface area contributed by atoms with E-state index in [0.717, 1.165) is 21.2 Å². The lowest BCUT2D eigenvalue weighted by Gasteiger charge is -2.03. The fraction of sp³-hybridized carbons (Fsp3) is 0.333. The molecule has 2 aromatic rings. The molecule has 3 heteroatoms. The zero-order chi connectivity index (χ0) is 10.8. The summed E-state index contributed by atoms with van der Waals surface area (Å²) in [5.41, 5.74) is 0.889. The summed E-state index contributed by atoms with van der Waals surface area (Å²) in [6.07, 6.45) is 0.224. The van der Waals surface area contributed by atoms with Gasteiger partial charge in [-0.3, -0.25) is 0 Å². The van der Waals surface area contributed by atoms with Crippen molar-refractivity contribution in [3.63, 3.8) is 0 Å². The van der Waals surface area contributed by atoms with Gasteiger partial charge in [0.25, 0.3) is 0 Å². The first kappa shape index (κ1) is 10.7. The SMILES string of the molecule is CC(C)OCc1cc2cccc(Br)c2o1. The zero-order valence-electron chi connectivity index (χ0n) is 8.79. The van der Waals surface area contributed by atoms with E-state index in [0.29, 0.717) is 6.61 Å². The highest BCUT2D eigenvalue weighted by molar-refractivity contribution is 9.10. The Labute approximate surface area is 97.3 Å². The van der Waals surface area contributed by atoms with Crippen molar-refractivity contribution in [3.8, 4) is 0 Å². The minimum Gasteiger partial charge on any atom is -0.457 e. The van der Waals surface area contributed by atoms with Gasteiger partial charge < -0.3 is 9.15 Å². The molecule has 0 amide bonds. The quantitative estimate of drug-likeness (QED) is 0.836. The third kappa shape index (κ3) is 2.41. The zero-order valence-corrected chi connectivity index (χ0v) is 10.4. The van der Waals surface area contributed by atoms with Crippen LogP contribution in [0, 0.1) is 0 Å². The monoisotopic (exact) mass is 268 g/mol. The number of fused-ring (bicyclic) bond motifs is 1. The molecule has 0 aliphatic rings. The van der Waals surface area contributed by atoms with E-state index in [9.17, 15) is 0 Å². The Balaban J connectivity index is 2.27. The molecule has 1 aromatic heterocycles. The summed E-state index contributed by atoms with van der Waals surface area (Å²) in [7, 11) is 0. The van der Waals surface area contributed by atoms with Gasteiger partial charge in [0.2, 0.25) is 0 Å². The normalized spacial score (nSPS) is 11.5. The van der Waals surface area contributed by atoms with Crippen molar-refractivity contribution in [2.24, 2.45) is 0 Å². The van der Waals surface area contributed by atoms with Crippen molar-refractivity contribution in [2.45, 2.75) is 26.6 Å². The maximum Gasteiger partial charge on any atom is 0.148 e. The van der Waals surface area contributed by atoms with Crippen LogP contribution < -0.4 is 0 Å². The first-order chi connectivity index (χ1) is 7.16. The smallest absolute Gasteiger partial charge is 0.148 e. The molecular weight excluding hydrogens is 256 g/mol. The maximum atomic E-state index is 5.68. The van der Waals surface area contributed by atoms with Crippen molar-refractivity contribution in [1.29, 1.82) is 0 Å². The Hall–Kier alpha value is -0.800. The van der Waals surface area contributed by atoms with Crippen LogP contribution in [0.15, 0.2) is 33.2 Å². The summed E-state index contributed by atoms with van der Waals surface area (Å²) in [6, 6.07) is 8.01. The molecule has 80 valence electrons. The second-order valence-corrected chi connectivity index (χ2v) is 4.58. The summed E-state index contributed by atoms with van der Waals surface area (Å²) in [6.45, 7) is 4.55. The molecule has 0 atom stereocenters. The topological polar surface area (TPSA) is 22.4 Å². The number of hydrogen-bond donors (Lipinski definition) is 0. The summed E-state index contributed by atoms with van der Waals surface area (Å²) >= 11 is 3.46. The number of benzene rings is 1. The van der Waals surface area contributed by atoms with Crippen LogP contribution in [0.1, 0.15) is 19.6 Å². The molecule has 1 aromatic carbocycles. The van der Waals surface area contributed by atoms with Crippen molar-refractivity contribution in [1.82, 2.24) is 0 Å². The van der Waals surface area contributed by atoms with Gasteiger partial charge in [-0.2, -0.15) is 0 Å². The van der Waals surface area contributed by atoms with E-state index in [1.54, 1.807) is 0 Å². The van der Waals surface area contributed by atoms with Crippen LogP contribution in [0.4, 0.5) is 0 Å². The van der Waals surface area contributed by atoms with Gasteiger partial charge in [-0.25, -0.2) is 0 Å². The van der Waals surface area contributed by atoms with E-state index in [1.165, 1.54) is 0 Å². The van der Waals surface area contributed by atoms with Crippen molar-refractivity contribution < 1.29 is 9.15 Å². The van der Waals surface area contributed by atoms with Gasteiger partial charge in [-0.05, 0) is 41.9 Å². The molecular formula is C12H13BrO2. The van der Waals surface area contributed by atoms with E-state index < -0.39 is 0 Å². The standard InChI is InChI=1S/C12H13BrO2/c1-8(2)14-7-10-6-9-4-3-5-11(13)12(9)15-10/h3-6,8H,7H2,1-2H3. The van der Waals surface area contributed by atoms with Gasteiger partial charge in [-0.15, -0.1) is 0 Å². The predicted octanol–water partition coefficient (Wildman–Crippen LogP) is 4.12. The maximum absolute atomic E-state index is 5.68. The van der Waals surface area contributed by atoms with Gasteiger partial charge in [-0.1, -0.05) is 12.1 Å². The Morgan fingerprint density at radius 2 is 2.20 bits per heavy atom. The molecule has 2 nitrogen and oxygen atoms in total. The van der Waals surface area contributed by atoms with Crippen molar-refractivity contribution in [3.05, 3.63) is 34.5 Å². The fourth-order valence-corrected chi connectivity index (χ4v) is 1.86. The van der Waals surface area contributed by atoms with Gasteiger partial charge in [0, 0.05) is 5.39 Å². The largest absolute Gasteiger partial charge is 0.457 e. The molecule has 0 bridgehead atoms. The molecule has 0 saturated heterocycles. The summed E-state index contributed by atoms with van der Waals surface area (Å²) in [5, 5.41) is 1.10. The fourth-order valence-electron chi connectivity index (χ4n) is 1.40. The minimum absolute atomic E-state index is 0.224. The third-order valence-corrected chi connectivity index (χ3v) is 2.73. The Bertz CT molecular complexity index is 460. The number of halogens is 1. The minimum atomic E-state index is 0.224. The van der Waals surface area contributed by atoms with E-state index in [1.807, 2.05) is 38.1 Å². The molecule has 0 unspecified atom stereocenters. The van der Waals surface area contributed by atoms with Crippen LogP contribution in [0.25, 0.3) is 11.0 Å². The Morgan fingerprint density at radius 1 is 1.40 bits per heavy atom. The second kappa shape index (κ2) is 4.37. The van der Waals surface area contributed by atoms with Gasteiger partial charge in [0.15, 0.2) is 0 Å². The number of rotatable bonds is 3. The third-order valence-electron chi connectivity index (χ3n) is 2.11. The number of hydrogen-bond acceptors (Lipinski definition) is 2. The van der Waals surface area contributed by atoms with Crippen LogP contribution in [0.5, 0.6) is 0 Å². The van der Waals surface area contributed by atoms with Crippen molar-refractivity contribution in [2.75, 3.05) is 0 Å². The van der Waals surface area contributed by atoms with Gasteiger partial charge in [0.05, 0.1) is 10.6 Å². The molecule has 0 spiro atoms. The average molecular weight is 269 g/mol. The predicted molar refractivity (Wildman–Crippen MR) is 63.8 cm³/mol. The molecule has 2 rings (SSSR count). The van der Waals surface area contributed by atoms with Crippen LogP contribution in [-0.2, 0) is 11.3 Å². The van der Waals surface area contributed by atoms with Gasteiger partial charge in [0.1, 0.15) is 18.0 Å². The second-order valence-electron chi connectivity index (χ2n) is 3.73. The van der Waals surface area contributed by atoms with Crippen molar-refractivity contribution >= 4 is 26.9 Å². The molecule has 0 fully saturated rings. The molecule has 0 radical (unpaired) electrons. The first-order valence-electron chi connectivity index (χ1n) is 4.95. The van der Waals surface area contributed by atoms with Crippen LogP contribution in [0.3, 0.4) is 0 Å². The summed E-state index contributed by atoms with van der Waals surface area (Å²) in [4.78, 5) is 0. The number of para-hydroxylation sites is 1. The van der Waals surface area contributed by atoms with E-state index in [-0.39, 0.29) is 6.10 Å². The summed E-state index contributed by atoms with van der Waals surface area (Å²) in [5.74, 6) is 0.866. The van der Waals surface area contributed by atoms with Crippen LogP contribution in [0.2, 0.25) is 0 Å². The lowest BCUT2D eigenvalue weighted by atomic mass is 10.2.